The SMILES string of the molecule is CCC1(C)C(=O)CC(C)(C)C1=O. The molecule has 0 spiro atoms. The zero-order chi connectivity index (χ0) is 9.57. The molecular formula is C10H16O2. The zero-order valence-electron chi connectivity index (χ0n) is 8.23. The summed E-state index contributed by atoms with van der Waals surface area (Å²) < 4.78 is 0. The van der Waals surface area contributed by atoms with Gasteiger partial charge in [0.2, 0.25) is 0 Å². The van der Waals surface area contributed by atoms with Gasteiger partial charge in [-0.05, 0) is 13.3 Å². The predicted molar refractivity (Wildman–Crippen MR) is 46.8 cm³/mol. The molecule has 0 saturated heterocycles. The molecule has 2 heteroatoms. The number of hydrogen-bond donors (Lipinski definition) is 0. The molecule has 1 atom stereocenters. The van der Waals surface area contributed by atoms with Gasteiger partial charge in [0.25, 0.3) is 0 Å². The van der Waals surface area contributed by atoms with Crippen LogP contribution in [0.25, 0.3) is 0 Å². The summed E-state index contributed by atoms with van der Waals surface area (Å²) in [7, 11) is 0. The summed E-state index contributed by atoms with van der Waals surface area (Å²) in [5.41, 5.74) is -1.12. The zero-order valence-corrected chi connectivity index (χ0v) is 8.23. The third-order valence-electron chi connectivity index (χ3n) is 3.04. The number of carbonyl (C=O) groups is 2. The standard InChI is InChI=1S/C10H16O2/c1-5-10(4)7(11)6-9(2,3)8(10)12/h5-6H2,1-4H3. The lowest BCUT2D eigenvalue weighted by Gasteiger charge is -2.21. The first kappa shape index (κ1) is 9.43. The molecule has 1 unspecified atom stereocenters. The molecule has 0 aromatic rings. The van der Waals surface area contributed by atoms with E-state index in [-0.39, 0.29) is 11.6 Å². The molecule has 2 nitrogen and oxygen atoms in total. The first-order valence-corrected chi connectivity index (χ1v) is 4.43. The average molecular weight is 168 g/mol. The van der Waals surface area contributed by atoms with E-state index < -0.39 is 10.8 Å². The van der Waals surface area contributed by atoms with Crippen LogP contribution < -0.4 is 0 Å². The molecule has 1 aliphatic carbocycles. The van der Waals surface area contributed by atoms with Gasteiger partial charge in [-0.15, -0.1) is 0 Å². The molecule has 0 heterocycles. The second-order valence-corrected chi connectivity index (χ2v) is 4.50. The summed E-state index contributed by atoms with van der Waals surface area (Å²) in [5, 5.41) is 0. The van der Waals surface area contributed by atoms with Crippen LogP contribution in [-0.2, 0) is 9.59 Å². The minimum Gasteiger partial charge on any atom is -0.299 e. The van der Waals surface area contributed by atoms with Gasteiger partial charge < -0.3 is 0 Å². The van der Waals surface area contributed by atoms with Gasteiger partial charge in [0.1, 0.15) is 5.78 Å². The maximum Gasteiger partial charge on any atom is 0.152 e. The molecule has 1 aliphatic rings. The Morgan fingerprint density at radius 1 is 1.25 bits per heavy atom. The Morgan fingerprint density at radius 2 is 1.75 bits per heavy atom. The second-order valence-electron chi connectivity index (χ2n) is 4.50. The molecule has 0 aliphatic heterocycles. The fourth-order valence-corrected chi connectivity index (χ4v) is 1.91. The number of rotatable bonds is 1. The van der Waals surface area contributed by atoms with E-state index in [4.69, 9.17) is 0 Å². The van der Waals surface area contributed by atoms with Crippen LogP contribution in [0.15, 0.2) is 0 Å². The highest BCUT2D eigenvalue weighted by Gasteiger charge is 2.53. The third-order valence-corrected chi connectivity index (χ3v) is 3.04. The summed E-state index contributed by atoms with van der Waals surface area (Å²) in [6, 6.07) is 0. The van der Waals surface area contributed by atoms with Crippen LogP contribution in [0.2, 0.25) is 0 Å². The lowest BCUT2D eigenvalue weighted by molar-refractivity contribution is -0.136. The first-order chi connectivity index (χ1) is 5.34. The monoisotopic (exact) mass is 168 g/mol. The van der Waals surface area contributed by atoms with Crippen molar-refractivity contribution in [3.8, 4) is 0 Å². The number of ketones is 2. The van der Waals surface area contributed by atoms with Crippen molar-refractivity contribution in [2.24, 2.45) is 10.8 Å². The fourth-order valence-electron chi connectivity index (χ4n) is 1.91. The average Bonchev–Trinajstić information content (AvgIpc) is 2.13. The van der Waals surface area contributed by atoms with E-state index in [0.29, 0.717) is 12.8 Å². The van der Waals surface area contributed by atoms with Gasteiger partial charge in [-0.1, -0.05) is 20.8 Å². The number of carbonyl (C=O) groups excluding carboxylic acids is 2. The fraction of sp³-hybridized carbons (Fsp3) is 0.800. The molecule has 1 fully saturated rings. The van der Waals surface area contributed by atoms with E-state index in [2.05, 4.69) is 0 Å². The molecule has 0 radical (unpaired) electrons. The van der Waals surface area contributed by atoms with Crippen LogP contribution in [0.1, 0.15) is 40.5 Å². The summed E-state index contributed by atoms with van der Waals surface area (Å²) in [6.07, 6.45) is 1.05. The molecular weight excluding hydrogens is 152 g/mol. The van der Waals surface area contributed by atoms with E-state index in [1.807, 2.05) is 20.8 Å². The maximum absolute atomic E-state index is 11.8. The Kier molecular flexibility index (Phi) is 1.89. The maximum atomic E-state index is 11.8. The third kappa shape index (κ3) is 1.01. The lowest BCUT2D eigenvalue weighted by Crippen LogP contribution is -2.32. The van der Waals surface area contributed by atoms with Gasteiger partial charge in [-0.2, -0.15) is 0 Å². The van der Waals surface area contributed by atoms with Crippen molar-refractivity contribution in [1.29, 1.82) is 0 Å². The van der Waals surface area contributed by atoms with E-state index in [1.165, 1.54) is 0 Å². The van der Waals surface area contributed by atoms with Crippen molar-refractivity contribution in [1.82, 2.24) is 0 Å². The van der Waals surface area contributed by atoms with Crippen molar-refractivity contribution >= 4 is 11.6 Å². The molecule has 1 saturated carbocycles. The first-order valence-electron chi connectivity index (χ1n) is 4.43. The van der Waals surface area contributed by atoms with Crippen molar-refractivity contribution in [3.63, 3.8) is 0 Å². The van der Waals surface area contributed by atoms with Crippen LogP contribution in [0.3, 0.4) is 0 Å². The molecule has 0 bridgehead atoms. The van der Waals surface area contributed by atoms with Crippen LogP contribution in [0.5, 0.6) is 0 Å². The molecule has 0 amide bonds. The lowest BCUT2D eigenvalue weighted by atomic mass is 9.79. The van der Waals surface area contributed by atoms with Gasteiger partial charge in [-0.3, -0.25) is 9.59 Å². The highest BCUT2D eigenvalue weighted by atomic mass is 16.2. The van der Waals surface area contributed by atoms with Crippen molar-refractivity contribution in [2.75, 3.05) is 0 Å². The van der Waals surface area contributed by atoms with E-state index in [1.54, 1.807) is 6.92 Å². The van der Waals surface area contributed by atoms with Gasteiger partial charge in [0.05, 0.1) is 5.41 Å². The van der Waals surface area contributed by atoms with Gasteiger partial charge in [0.15, 0.2) is 5.78 Å². The van der Waals surface area contributed by atoms with Crippen LogP contribution >= 0.6 is 0 Å². The van der Waals surface area contributed by atoms with Crippen molar-refractivity contribution in [3.05, 3.63) is 0 Å². The molecule has 0 N–H and O–H groups in total. The van der Waals surface area contributed by atoms with E-state index >= 15 is 0 Å². The largest absolute Gasteiger partial charge is 0.299 e. The Morgan fingerprint density at radius 3 is 1.92 bits per heavy atom. The normalized spacial score (nSPS) is 34.3. The highest BCUT2D eigenvalue weighted by molar-refractivity contribution is 6.15. The summed E-state index contributed by atoms with van der Waals surface area (Å²) in [4.78, 5) is 23.3. The Bertz CT molecular complexity index is 240. The molecule has 1 rings (SSSR count). The summed E-state index contributed by atoms with van der Waals surface area (Å²) in [5.74, 6) is 0.225. The molecule has 0 aromatic heterocycles. The molecule has 68 valence electrons. The van der Waals surface area contributed by atoms with E-state index in [0.717, 1.165) is 0 Å². The molecule has 0 aromatic carbocycles. The highest BCUT2D eigenvalue weighted by Crippen LogP contribution is 2.44. The Hall–Kier alpha value is -0.660. The van der Waals surface area contributed by atoms with Crippen LogP contribution in [-0.4, -0.2) is 11.6 Å². The predicted octanol–water partition coefficient (Wildman–Crippen LogP) is 1.97. The number of hydrogen-bond acceptors (Lipinski definition) is 2. The topological polar surface area (TPSA) is 34.1 Å². The second kappa shape index (κ2) is 2.41. The van der Waals surface area contributed by atoms with Crippen molar-refractivity contribution in [2.45, 2.75) is 40.5 Å². The minimum atomic E-state index is -0.691. The summed E-state index contributed by atoms with van der Waals surface area (Å²) >= 11 is 0. The minimum absolute atomic E-state index is 0.111. The summed E-state index contributed by atoms with van der Waals surface area (Å²) in [6.45, 7) is 7.38. The Labute approximate surface area is 73.3 Å². The van der Waals surface area contributed by atoms with Crippen LogP contribution in [0.4, 0.5) is 0 Å². The van der Waals surface area contributed by atoms with Gasteiger partial charge in [-0.25, -0.2) is 0 Å². The Balaban J connectivity index is 3.09. The van der Waals surface area contributed by atoms with Crippen LogP contribution in [0, 0.1) is 10.8 Å². The van der Waals surface area contributed by atoms with E-state index in [9.17, 15) is 9.59 Å². The number of Topliss-reactive ketones (excluding diaryl/α,β-unsaturated/α-hetero) is 2. The quantitative estimate of drug-likeness (QED) is 0.561. The molecule has 12 heavy (non-hydrogen) atoms. The van der Waals surface area contributed by atoms with Crippen molar-refractivity contribution < 1.29 is 9.59 Å². The smallest absolute Gasteiger partial charge is 0.152 e. The van der Waals surface area contributed by atoms with Gasteiger partial charge >= 0.3 is 0 Å². The van der Waals surface area contributed by atoms with Gasteiger partial charge in [0, 0.05) is 11.8 Å².